The van der Waals surface area contributed by atoms with Crippen LogP contribution in [0.1, 0.15) is 31.4 Å². The number of hydrogen-bond acceptors (Lipinski definition) is 5. The second-order valence-corrected chi connectivity index (χ2v) is 8.25. The van der Waals surface area contributed by atoms with Crippen LogP contribution in [0, 0.1) is 11.7 Å². The van der Waals surface area contributed by atoms with Gasteiger partial charge < -0.3 is 19.4 Å². The Labute approximate surface area is 195 Å². The molecule has 2 aliphatic rings. The van der Waals surface area contributed by atoms with E-state index in [4.69, 9.17) is 31.0 Å². The molecule has 3 atom stereocenters. The molecular weight excluding hydrogens is 449 g/mol. The number of carboxylic acids is 1. The summed E-state index contributed by atoms with van der Waals surface area (Å²) in [6.45, 7) is 3.52. The summed E-state index contributed by atoms with van der Waals surface area (Å²) in [4.78, 5) is 16.8. The highest BCUT2D eigenvalue weighted by Crippen LogP contribution is 2.37. The minimum absolute atomic E-state index is 0.275. The predicted octanol–water partition coefficient (Wildman–Crippen LogP) is 5.80. The molecule has 0 fully saturated rings. The first kappa shape index (κ1) is 22.9. The molecule has 0 bridgehead atoms. The molecule has 2 unspecified atom stereocenters. The lowest BCUT2D eigenvalue weighted by Crippen LogP contribution is -2.27. The van der Waals surface area contributed by atoms with Gasteiger partial charge in [0, 0.05) is 5.56 Å². The first-order valence-electron chi connectivity index (χ1n) is 10.6. The van der Waals surface area contributed by atoms with Crippen LogP contribution in [-0.4, -0.2) is 29.0 Å². The van der Waals surface area contributed by atoms with Crippen molar-refractivity contribution in [3.63, 3.8) is 0 Å². The SMILES string of the molecule is CCCc1cc(Oc2ccc(F)cc2)ccc1C1=NOC2C=C(Cl)C(O[C@H](C)C(=O)O)=CC12. The van der Waals surface area contributed by atoms with Gasteiger partial charge in [-0.15, -0.1) is 0 Å². The second kappa shape index (κ2) is 9.67. The van der Waals surface area contributed by atoms with E-state index in [1.807, 2.05) is 18.2 Å². The lowest BCUT2D eigenvalue weighted by atomic mass is 9.86. The molecule has 172 valence electrons. The van der Waals surface area contributed by atoms with Gasteiger partial charge >= 0.3 is 5.97 Å². The minimum atomic E-state index is -1.08. The Morgan fingerprint density at radius 3 is 2.64 bits per heavy atom. The van der Waals surface area contributed by atoms with Crippen molar-refractivity contribution < 1.29 is 28.6 Å². The number of halogens is 2. The summed E-state index contributed by atoms with van der Waals surface area (Å²) < 4.78 is 24.6. The highest BCUT2D eigenvalue weighted by Gasteiger charge is 2.37. The Bertz CT molecular complexity index is 1140. The summed E-state index contributed by atoms with van der Waals surface area (Å²) in [5, 5.41) is 13.8. The molecule has 2 aromatic carbocycles. The van der Waals surface area contributed by atoms with E-state index in [0.717, 1.165) is 24.0 Å². The number of fused-ring (bicyclic) bond motifs is 1. The summed E-state index contributed by atoms with van der Waals surface area (Å²) in [6, 6.07) is 11.5. The minimum Gasteiger partial charge on any atom is -0.479 e. The average Bonchev–Trinajstić information content (AvgIpc) is 3.18. The van der Waals surface area contributed by atoms with Crippen molar-refractivity contribution in [1.29, 1.82) is 0 Å². The molecule has 2 aromatic rings. The molecule has 0 amide bonds. The maximum absolute atomic E-state index is 13.2. The third-order valence-corrected chi connectivity index (χ3v) is 5.70. The quantitative estimate of drug-likeness (QED) is 0.526. The average molecular weight is 472 g/mol. The van der Waals surface area contributed by atoms with Crippen LogP contribution >= 0.6 is 11.6 Å². The number of hydrogen-bond donors (Lipinski definition) is 1. The Balaban J connectivity index is 1.61. The van der Waals surface area contributed by atoms with Crippen molar-refractivity contribution in [2.45, 2.75) is 38.9 Å². The summed E-state index contributed by atoms with van der Waals surface area (Å²) in [7, 11) is 0. The van der Waals surface area contributed by atoms with Gasteiger partial charge in [-0.25, -0.2) is 9.18 Å². The topological polar surface area (TPSA) is 77.3 Å². The Hall–Kier alpha value is -3.32. The van der Waals surface area contributed by atoms with Crippen LogP contribution in [0.15, 0.2) is 70.6 Å². The Kier molecular flexibility index (Phi) is 6.70. The van der Waals surface area contributed by atoms with Gasteiger partial charge in [0.2, 0.25) is 0 Å². The molecule has 1 aliphatic heterocycles. The van der Waals surface area contributed by atoms with Crippen molar-refractivity contribution in [2.24, 2.45) is 11.1 Å². The molecule has 33 heavy (non-hydrogen) atoms. The van der Waals surface area contributed by atoms with Crippen molar-refractivity contribution in [1.82, 2.24) is 0 Å². The van der Waals surface area contributed by atoms with Gasteiger partial charge in [-0.05, 0) is 73.5 Å². The van der Waals surface area contributed by atoms with Gasteiger partial charge in [0.25, 0.3) is 0 Å². The highest BCUT2D eigenvalue weighted by atomic mass is 35.5. The van der Waals surface area contributed by atoms with E-state index in [1.54, 1.807) is 24.3 Å². The standard InChI is InChI=1S/C25H23ClFNO5/c1-3-4-15-11-18(32-17-7-5-16(27)6-8-17)9-10-19(15)24-20-12-23(31-14(2)25(29)30)21(26)13-22(20)33-28-24/h5-14,20,22H,3-4H2,1-2H3,(H,29,30)/t14-,20?,22?/m1/s1. The fourth-order valence-electron chi connectivity index (χ4n) is 3.74. The summed E-state index contributed by atoms with van der Waals surface area (Å²) >= 11 is 6.28. The molecule has 0 aromatic heterocycles. The zero-order valence-electron chi connectivity index (χ0n) is 18.1. The van der Waals surface area contributed by atoms with E-state index < -0.39 is 18.2 Å². The number of carboxylic acid groups (broad SMARTS) is 1. The molecule has 6 nitrogen and oxygen atoms in total. The zero-order chi connectivity index (χ0) is 23.5. The number of aliphatic carboxylic acids is 1. The molecule has 0 saturated carbocycles. The van der Waals surface area contributed by atoms with E-state index in [9.17, 15) is 9.18 Å². The van der Waals surface area contributed by atoms with Crippen molar-refractivity contribution in [2.75, 3.05) is 0 Å². The molecule has 8 heteroatoms. The predicted molar refractivity (Wildman–Crippen MR) is 122 cm³/mol. The molecular formula is C25H23ClFNO5. The van der Waals surface area contributed by atoms with Crippen LogP contribution in [0.2, 0.25) is 0 Å². The Morgan fingerprint density at radius 1 is 1.21 bits per heavy atom. The van der Waals surface area contributed by atoms with Gasteiger partial charge in [0.15, 0.2) is 12.2 Å². The largest absolute Gasteiger partial charge is 0.479 e. The smallest absolute Gasteiger partial charge is 0.344 e. The van der Waals surface area contributed by atoms with E-state index in [0.29, 0.717) is 23.0 Å². The van der Waals surface area contributed by atoms with Crippen LogP contribution < -0.4 is 4.74 Å². The van der Waals surface area contributed by atoms with Gasteiger partial charge in [-0.1, -0.05) is 30.1 Å². The third-order valence-electron chi connectivity index (χ3n) is 5.39. The molecule has 4 rings (SSSR count). The zero-order valence-corrected chi connectivity index (χ0v) is 18.9. The number of rotatable bonds is 8. The molecule has 1 aliphatic carbocycles. The number of benzene rings is 2. The monoisotopic (exact) mass is 471 g/mol. The summed E-state index contributed by atoms with van der Waals surface area (Å²) in [5.74, 6) is -0.221. The maximum Gasteiger partial charge on any atom is 0.344 e. The maximum atomic E-state index is 13.2. The first-order valence-corrected chi connectivity index (χ1v) is 11.0. The number of ether oxygens (including phenoxy) is 2. The molecule has 0 spiro atoms. The lowest BCUT2D eigenvalue weighted by Gasteiger charge is -2.23. The van der Waals surface area contributed by atoms with Gasteiger partial charge in [-0.3, -0.25) is 0 Å². The number of carbonyl (C=O) groups is 1. The number of nitrogens with zero attached hydrogens (tertiary/aromatic N) is 1. The van der Waals surface area contributed by atoms with E-state index in [-0.39, 0.29) is 16.8 Å². The Morgan fingerprint density at radius 2 is 1.94 bits per heavy atom. The van der Waals surface area contributed by atoms with Crippen molar-refractivity contribution >= 4 is 23.3 Å². The summed E-state index contributed by atoms with van der Waals surface area (Å²) in [5.41, 5.74) is 2.64. The highest BCUT2D eigenvalue weighted by molar-refractivity contribution is 6.32. The summed E-state index contributed by atoms with van der Waals surface area (Å²) in [6.07, 6.45) is 3.68. The third kappa shape index (κ3) is 5.03. The molecule has 0 radical (unpaired) electrons. The van der Waals surface area contributed by atoms with Crippen LogP contribution in [0.5, 0.6) is 11.5 Å². The first-order chi connectivity index (χ1) is 15.9. The molecule has 0 saturated heterocycles. The van der Waals surface area contributed by atoms with Crippen LogP contribution in [0.4, 0.5) is 4.39 Å². The van der Waals surface area contributed by atoms with E-state index in [1.165, 1.54) is 19.1 Å². The normalized spacial score (nSPS) is 20.1. The van der Waals surface area contributed by atoms with Crippen LogP contribution in [0.3, 0.4) is 0 Å². The number of allylic oxidation sites excluding steroid dienone is 1. The van der Waals surface area contributed by atoms with Crippen molar-refractivity contribution in [3.8, 4) is 11.5 Å². The van der Waals surface area contributed by atoms with Gasteiger partial charge in [-0.2, -0.15) is 0 Å². The second-order valence-electron chi connectivity index (χ2n) is 7.84. The number of aryl methyl sites for hydroxylation is 1. The lowest BCUT2D eigenvalue weighted by molar-refractivity contribution is -0.146. The molecule has 1 N–H and O–H groups in total. The molecule has 1 heterocycles. The van der Waals surface area contributed by atoms with E-state index >= 15 is 0 Å². The number of oxime groups is 1. The van der Waals surface area contributed by atoms with Gasteiger partial charge in [0.05, 0.1) is 16.7 Å². The van der Waals surface area contributed by atoms with Crippen LogP contribution in [0.25, 0.3) is 0 Å². The van der Waals surface area contributed by atoms with Crippen molar-refractivity contribution in [3.05, 3.63) is 82.4 Å². The fraction of sp³-hybridized carbons (Fsp3) is 0.280. The van der Waals surface area contributed by atoms with Crippen LogP contribution in [-0.2, 0) is 20.8 Å². The van der Waals surface area contributed by atoms with Gasteiger partial charge in [0.1, 0.15) is 23.1 Å². The van der Waals surface area contributed by atoms with E-state index in [2.05, 4.69) is 12.1 Å². The fourth-order valence-corrected chi connectivity index (χ4v) is 3.97.